The molecule has 0 radical (unpaired) electrons. The van der Waals surface area contributed by atoms with Crippen LogP contribution in [-0.4, -0.2) is 9.97 Å². The maximum Gasteiger partial charge on any atom is 0.113 e. The summed E-state index contributed by atoms with van der Waals surface area (Å²) in [5.74, 6) is 0. The molecule has 2 heterocycles. The Bertz CT molecular complexity index is 1000. The van der Waals surface area contributed by atoms with Crippen molar-refractivity contribution in [2.24, 2.45) is 0 Å². The molecule has 4 aromatic rings. The van der Waals surface area contributed by atoms with Crippen LogP contribution >= 0.6 is 12.2 Å². The monoisotopic (exact) mass is 288 g/mol. The number of aromatic amines is 1. The standard InChI is InChI=1S/C18H12N2S/c21-18-14-10-13-8-4-5-9-15(13)19-17(14)11-16(20-18)12-6-2-1-3-7-12/h1-11H,(H,20,21). The van der Waals surface area contributed by atoms with Crippen molar-refractivity contribution < 1.29 is 0 Å². The Kier molecular flexibility index (Phi) is 2.79. The smallest absolute Gasteiger partial charge is 0.113 e. The summed E-state index contributed by atoms with van der Waals surface area (Å²) in [4.78, 5) is 8.04. The number of benzene rings is 2. The average molecular weight is 288 g/mol. The molecule has 1 N–H and O–H groups in total. The Morgan fingerprint density at radius 1 is 0.810 bits per heavy atom. The first-order valence-electron chi connectivity index (χ1n) is 6.79. The zero-order valence-electron chi connectivity index (χ0n) is 11.2. The summed E-state index contributed by atoms with van der Waals surface area (Å²) < 4.78 is 0.726. The molecule has 2 aromatic carbocycles. The number of hydrogen-bond donors (Lipinski definition) is 1. The van der Waals surface area contributed by atoms with Crippen molar-refractivity contribution in [3.8, 4) is 11.3 Å². The average Bonchev–Trinajstić information content (AvgIpc) is 2.54. The van der Waals surface area contributed by atoms with E-state index < -0.39 is 0 Å². The fourth-order valence-corrected chi connectivity index (χ4v) is 2.83. The first-order valence-corrected chi connectivity index (χ1v) is 7.20. The van der Waals surface area contributed by atoms with Gasteiger partial charge in [0.25, 0.3) is 0 Å². The van der Waals surface area contributed by atoms with E-state index >= 15 is 0 Å². The van der Waals surface area contributed by atoms with Crippen LogP contribution in [0.15, 0.2) is 66.7 Å². The summed E-state index contributed by atoms with van der Waals surface area (Å²) in [7, 11) is 0. The third-order valence-corrected chi connectivity index (χ3v) is 3.93. The fourth-order valence-electron chi connectivity index (χ4n) is 2.56. The minimum absolute atomic E-state index is 0.726. The van der Waals surface area contributed by atoms with Gasteiger partial charge in [-0.25, -0.2) is 4.98 Å². The van der Waals surface area contributed by atoms with Crippen LogP contribution in [0.4, 0.5) is 0 Å². The summed E-state index contributed by atoms with van der Waals surface area (Å²) in [5.41, 5.74) is 4.03. The number of fused-ring (bicyclic) bond motifs is 2. The number of para-hydroxylation sites is 1. The molecule has 0 aliphatic carbocycles. The molecule has 100 valence electrons. The van der Waals surface area contributed by atoms with Crippen LogP contribution in [0.25, 0.3) is 33.1 Å². The van der Waals surface area contributed by atoms with Gasteiger partial charge in [-0.05, 0) is 23.8 Å². The number of rotatable bonds is 1. The molecule has 3 heteroatoms. The SMILES string of the molecule is S=c1[nH]c(-c2ccccc2)cc2nc3ccccc3cc12. The predicted octanol–water partition coefficient (Wildman–Crippen LogP) is 5.11. The predicted molar refractivity (Wildman–Crippen MR) is 89.9 cm³/mol. The third kappa shape index (κ3) is 2.12. The Labute approximate surface area is 127 Å². The third-order valence-electron chi connectivity index (χ3n) is 3.61. The van der Waals surface area contributed by atoms with Gasteiger partial charge in [0.05, 0.1) is 11.0 Å². The second-order valence-electron chi connectivity index (χ2n) is 4.99. The Hall–Kier alpha value is -2.52. The second-order valence-corrected chi connectivity index (χ2v) is 5.40. The number of H-pyrrole nitrogens is 1. The number of nitrogens with one attached hydrogen (secondary N) is 1. The van der Waals surface area contributed by atoms with Gasteiger partial charge in [-0.15, -0.1) is 0 Å². The summed E-state index contributed by atoms with van der Waals surface area (Å²) in [6, 6.07) is 22.4. The zero-order chi connectivity index (χ0) is 14.2. The summed E-state index contributed by atoms with van der Waals surface area (Å²) in [6.07, 6.45) is 0. The molecular weight excluding hydrogens is 276 g/mol. The molecule has 0 bridgehead atoms. The molecule has 0 spiro atoms. The molecule has 0 saturated carbocycles. The van der Waals surface area contributed by atoms with E-state index in [1.54, 1.807) is 0 Å². The van der Waals surface area contributed by atoms with E-state index in [1.807, 2.05) is 36.4 Å². The van der Waals surface area contributed by atoms with Crippen LogP contribution < -0.4 is 0 Å². The lowest BCUT2D eigenvalue weighted by molar-refractivity contribution is 1.32. The van der Waals surface area contributed by atoms with Gasteiger partial charge in [-0.3, -0.25) is 0 Å². The molecular formula is C18H12N2S. The van der Waals surface area contributed by atoms with Crippen LogP contribution in [0.1, 0.15) is 0 Å². The summed E-state index contributed by atoms with van der Waals surface area (Å²) in [5, 5.41) is 2.10. The van der Waals surface area contributed by atoms with Crippen molar-refractivity contribution >= 4 is 34.0 Å². The molecule has 0 fully saturated rings. The van der Waals surface area contributed by atoms with Crippen molar-refractivity contribution in [2.45, 2.75) is 0 Å². The van der Waals surface area contributed by atoms with Gasteiger partial charge in [0.1, 0.15) is 4.64 Å². The quantitative estimate of drug-likeness (QED) is 0.389. The number of pyridine rings is 2. The lowest BCUT2D eigenvalue weighted by Gasteiger charge is -2.06. The van der Waals surface area contributed by atoms with Gasteiger partial charge in [0.2, 0.25) is 0 Å². The number of nitrogens with zero attached hydrogens (tertiary/aromatic N) is 1. The first kappa shape index (κ1) is 12.2. The van der Waals surface area contributed by atoms with Crippen molar-refractivity contribution in [3.05, 3.63) is 71.4 Å². The van der Waals surface area contributed by atoms with Gasteiger partial charge in [-0.1, -0.05) is 60.7 Å². The maximum atomic E-state index is 5.51. The van der Waals surface area contributed by atoms with E-state index in [0.29, 0.717) is 0 Å². The molecule has 0 saturated heterocycles. The summed E-state index contributed by atoms with van der Waals surface area (Å²) >= 11 is 5.51. The van der Waals surface area contributed by atoms with Gasteiger partial charge in [-0.2, -0.15) is 0 Å². The van der Waals surface area contributed by atoms with Gasteiger partial charge < -0.3 is 4.98 Å². The van der Waals surface area contributed by atoms with Crippen LogP contribution in [0, 0.1) is 4.64 Å². The van der Waals surface area contributed by atoms with E-state index in [9.17, 15) is 0 Å². The highest BCUT2D eigenvalue weighted by Crippen LogP contribution is 2.24. The largest absolute Gasteiger partial charge is 0.345 e. The molecule has 0 amide bonds. The highest BCUT2D eigenvalue weighted by Gasteiger charge is 2.05. The number of aromatic nitrogens is 2. The Balaban J connectivity index is 2.05. The highest BCUT2D eigenvalue weighted by molar-refractivity contribution is 7.71. The molecule has 0 atom stereocenters. The molecule has 4 rings (SSSR count). The first-order chi connectivity index (χ1) is 10.3. The minimum atomic E-state index is 0.726. The highest BCUT2D eigenvalue weighted by atomic mass is 32.1. The molecule has 2 nitrogen and oxygen atoms in total. The van der Waals surface area contributed by atoms with E-state index in [0.717, 1.165) is 37.7 Å². The lowest BCUT2D eigenvalue weighted by Crippen LogP contribution is -1.89. The van der Waals surface area contributed by atoms with E-state index in [2.05, 4.69) is 35.3 Å². The van der Waals surface area contributed by atoms with E-state index in [4.69, 9.17) is 17.2 Å². The van der Waals surface area contributed by atoms with E-state index in [-0.39, 0.29) is 0 Å². The molecule has 0 aliphatic heterocycles. The normalized spacial score (nSPS) is 11.0. The maximum absolute atomic E-state index is 5.51. The van der Waals surface area contributed by atoms with Gasteiger partial charge >= 0.3 is 0 Å². The van der Waals surface area contributed by atoms with Crippen LogP contribution in [0.3, 0.4) is 0 Å². The Morgan fingerprint density at radius 3 is 2.43 bits per heavy atom. The summed E-state index contributed by atoms with van der Waals surface area (Å²) in [6.45, 7) is 0. The Morgan fingerprint density at radius 2 is 1.57 bits per heavy atom. The fraction of sp³-hybridized carbons (Fsp3) is 0. The van der Waals surface area contributed by atoms with Crippen molar-refractivity contribution in [3.63, 3.8) is 0 Å². The minimum Gasteiger partial charge on any atom is -0.345 e. The number of hydrogen-bond acceptors (Lipinski definition) is 2. The van der Waals surface area contributed by atoms with Crippen LogP contribution in [0.2, 0.25) is 0 Å². The molecule has 2 aromatic heterocycles. The molecule has 0 aliphatic rings. The van der Waals surface area contributed by atoms with Gasteiger partial charge in [0, 0.05) is 16.5 Å². The van der Waals surface area contributed by atoms with Crippen molar-refractivity contribution in [1.29, 1.82) is 0 Å². The molecule has 21 heavy (non-hydrogen) atoms. The van der Waals surface area contributed by atoms with E-state index in [1.165, 1.54) is 0 Å². The molecule has 0 unspecified atom stereocenters. The second kappa shape index (κ2) is 4.79. The van der Waals surface area contributed by atoms with Crippen molar-refractivity contribution in [2.75, 3.05) is 0 Å². The van der Waals surface area contributed by atoms with Crippen molar-refractivity contribution in [1.82, 2.24) is 9.97 Å². The van der Waals surface area contributed by atoms with Crippen LogP contribution in [-0.2, 0) is 0 Å². The van der Waals surface area contributed by atoms with Crippen LogP contribution in [0.5, 0.6) is 0 Å². The lowest BCUT2D eigenvalue weighted by atomic mass is 10.1. The zero-order valence-corrected chi connectivity index (χ0v) is 12.0. The topological polar surface area (TPSA) is 28.7 Å². The van der Waals surface area contributed by atoms with Gasteiger partial charge in [0.15, 0.2) is 0 Å².